The highest BCUT2D eigenvalue weighted by Gasteiger charge is 2.33. The van der Waals surface area contributed by atoms with E-state index in [4.69, 9.17) is 0 Å². The van der Waals surface area contributed by atoms with Gasteiger partial charge in [0, 0.05) is 15.3 Å². The molecule has 1 aromatic rings. The first-order valence-corrected chi connectivity index (χ1v) is 9.42. The Morgan fingerprint density at radius 1 is 1.14 bits per heavy atom. The molecule has 1 aliphatic rings. The minimum absolute atomic E-state index is 0.251. The third-order valence-electron chi connectivity index (χ3n) is 5.00. The first-order chi connectivity index (χ1) is 9.80. The molecule has 0 saturated heterocycles. The van der Waals surface area contributed by atoms with E-state index in [0.29, 0.717) is 5.41 Å². The maximum absolute atomic E-state index is 3.69. The number of aryl methyl sites for hydroxylation is 3. The summed E-state index contributed by atoms with van der Waals surface area (Å²) in [5.74, 6) is 0. The van der Waals surface area contributed by atoms with Crippen LogP contribution < -0.4 is 5.32 Å². The fourth-order valence-corrected chi connectivity index (χ4v) is 4.82. The fraction of sp³-hybridized carbons (Fsp3) is 0.789. The third-order valence-corrected chi connectivity index (χ3v) is 6.21. The summed E-state index contributed by atoms with van der Waals surface area (Å²) in [7, 11) is 0. The van der Waals surface area contributed by atoms with Crippen molar-refractivity contribution < 1.29 is 0 Å². The highest BCUT2D eigenvalue weighted by molar-refractivity contribution is 7.12. The maximum atomic E-state index is 3.69. The summed E-state index contributed by atoms with van der Waals surface area (Å²) in [5, 5.41) is 3.69. The van der Waals surface area contributed by atoms with E-state index < -0.39 is 0 Å². The Kier molecular flexibility index (Phi) is 5.54. The zero-order valence-electron chi connectivity index (χ0n) is 14.6. The number of nitrogens with one attached hydrogen (secondary N) is 1. The minimum Gasteiger partial charge on any atom is -0.312 e. The lowest BCUT2D eigenvalue weighted by Gasteiger charge is -2.31. The van der Waals surface area contributed by atoms with Crippen LogP contribution in [0.2, 0.25) is 0 Å². The Morgan fingerprint density at radius 3 is 2.33 bits per heavy atom. The van der Waals surface area contributed by atoms with Crippen molar-refractivity contribution >= 4 is 11.3 Å². The first-order valence-electron chi connectivity index (χ1n) is 8.61. The SMILES string of the molecule is Cc1cc(C)c(CCC2(CCNC(C)(C)C)CCCC2)s1. The number of thiophene rings is 1. The molecule has 1 nitrogen and oxygen atoms in total. The Balaban J connectivity index is 1.90. The lowest BCUT2D eigenvalue weighted by molar-refractivity contribution is 0.235. The molecule has 2 rings (SSSR count). The van der Waals surface area contributed by atoms with Gasteiger partial charge in [0.15, 0.2) is 0 Å². The van der Waals surface area contributed by atoms with Gasteiger partial charge in [-0.1, -0.05) is 12.8 Å². The molecule has 0 bridgehead atoms. The second kappa shape index (κ2) is 6.83. The van der Waals surface area contributed by atoms with E-state index in [0.717, 1.165) is 0 Å². The minimum atomic E-state index is 0.251. The van der Waals surface area contributed by atoms with Crippen molar-refractivity contribution in [1.29, 1.82) is 0 Å². The van der Waals surface area contributed by atoms with Gasteiger partial charge in [-0.15, -0.1) is 11.3 Å². The van der Waals surface area contributed by atoms with Gasteiger partial charge in [-0.25, -0.2) is 0 Å². The lowest BCUT2D eigenvalue weighted by Crippen LogP contribution is -2.38. The van der Waals surface area contributed by atoms with Crippen molar-refractivity contribution in [2.24, 2.45) is 5.41 Å². The molecule has 1 aliphatic carbocycles. The Labute approximate surface area is 135 Å². The van der Waals surface area contributed by atoms with E-state index in [2.05, 4.69) is 46.0 Å². The van der Waals surface area contributed by atoms with Gasteiger partial charge in [0.05, 0.1) is 0 Å². The predicted octanol–water partition coefficient (Wildman–Crippen LogP) is 5.64. The molecule has 0 amide bonds. The molecule has 0 radical (unpaired) electrons. The molecule has 2 heteroatoms. The van der Waals surface area contributed by atoms with E-state index in [9.17, 15) is 0 Å². The molecular formula is C19H33NS. The van der Waals surface area contributed by atoms with E-state index >= 15 is 0 Å². The van der Waals surface area contributed by atoms with Gasteiger partial charge >= 0.3 is 0 Å². The molecule has 0 unspecified atom stereocenters. The van der Waals surface area contributed by atoms with Crippen LogP contribution in [0.25, 0.3) is 0 Å². The van der Waals surface area contributed by atoms with Crippen LogP contribution in [0.4, 0.5) is 0 Å². The standard InChI is InChI=1S/C19H33NS/c1-15-14-16(2)21-17(15)8-11-19(9-6-7-10-19)12-13-20-18(3,4)5/h14,20H,6-13H2,1-5H3. The van der Waals surface area contributed by atoms with E-state index in [1.807, 2.05) is 11.3 Å². The highest BCUT2D eigenvalue weighted by atomic mass is 32.1. The average Bonchev–Trinajstić information content (AvgIpc) is 2.93. The van der Waals surface area contributed by atoms with Crippen molar-refractivity contribution in [1.82, 2.24) is 5.32 Å². The first kappa shape index (κ1) is 17.0. The molecule has 1 saturated carbocycles. The zero-order chi connectivity index (χ0) is 15.5. The van der Waals surface area contributed by atoms with Crippen molar-refractivity contribution in [2.75, 3.05) is 6.54 Å². The fourth-order valence-electron chi connectivity index (χ4n) is 3.77. The van der Waals surface area contributed by atoms with Gasteiger partial charge in [0.1, 0.15) is 0 Å². The van der Waals surface area contributed by atoms with Crippen LogP contribution in [0.3, 0.4) is 0 Å². The molecule has 0 atom stereocenters. The lowest BCUT2D eigenvalue weighted by atomic mass is 9.78. The van der Waals surface area contributed by atoms with Gasteiger partial charge in [-0.05, 0) is 90.3 Å². The van der Waals surface area contributed by atoms with E-state index in [1.54, 1.807) is 4.88 Å². The largest absolute Gasteiger partial charge is 0.312 e. The normalized spacial score (nSPS) is 18.3. The topological polar surface area (TPSA) is 12.0 Å². The summed E-state index contributed by atoms with van der Waals surface area (Å²) in [4.78, 5) is 3.10. The molecular weight excluding hydrogens is 274 g/mol. The van der Waals surface area contributed by atoms with E-state index in [1.165, 1.54) is 61.9 Å². The van der Waals surface area contributed by atoms with Gasteiger partial charge < -0.3 is 5.32 Å². The number of hydrogen-bond acceptors (Lipinski definition) is 2. The summed E-state index contributed by atoms with van der Waals surface area (Å²) in [6, 6.07) is 2.35. The molecule has 1 heterocycles. The predicted molar refractivity (Wildman–Crippen MR) is 95.4 cm³/mol. The van der Waals surface area contributed by atoms with Crippen molar-refractivity contribution in [3.05, 3.63) is 21.4 Å². The van der Waals surface area contributed by atoms with Gasteiger partial charge in [0.2, 0.25) is 0 Å². The van der Waals surface area contributed by atoms with Crippen molar-refractivity contribution in [3.8, 4) is 0 Å². The third kappa shape index (κ3) is 5.10. The Hall–Kier alpha value is -0.340. The second-order valence-corrected chi connectivity index (χ2v) is 9.44. The molecule has 21 heavy (non-hydrogen) atoms. The summed E-state index contributed by atoms with van der Waals surface area (Å²) >= 11 is 2.01. The van der Waals surface area contributed by atoms with Gasteiger partial charge in [-0.3, -0.25) is 0 Å². The Morgan fingerprint density at radius 2 is 1.81 bits per heavy atom. The summed E-state index contributed by atoms with van der Waals surface area (Å²) in [6.07, 6.45) is 9.81. The van der Waals surface area contributed by atoms with Gasteiger partial charge in [-0.2, -0.15) is 0 Å². The van der Waals surface area contributed by atoms with Crippen LogP contribution in [0, 0.1) is 19.3 Å². The van der Waals surface area contributed by atoms with E-state index in [-0.39, 0.29) is 5.54 Å². The number of hydrogen-bond donors (Lipinski definition) is 1. The molecule has 1 aromatic heterocycles. The van der Waals surface area contributed by atoms with Crippen LogP contribution >= 0.6 is 11.3 Å². The maximum Gasteiger partial charge on any atom is 0.00965 e. The quantitative estimate of drug-likeness (QED) is 0.717. The smallest absolute Gasteiger partial charge is 0.00965 e. The van der Waals surface area contributed by atoms with Crippen LogP contribution in [0.15, 0.2) is 6.07 Å². The molecule has 0 aliphatic heterocycles. The summed E-state index contributed by atoms with van der Waals surface area (Å²) < 4.78 is 0. The summed E-state index contributed by atoms with van der Waals surface area (Å²) in [5.41, 5.74) is 2.38. The van der Waals surface area contributed by atoms with Crippen molar-refractivity contribution in [3.63, 3.8) is 0 Å². The Bertz CT molecular complexity index is 447. The number of rotatable bonds is 6. The average molecular weight is 308 g/mol. The molecule has 1 N–H and O–H groups in total. The monoisotopic (exact) mass is 307 g/mol. The highest BCUT2D eigenvalue weighted by Crippen LogP contribution is 2.45. The van der Waals surface area contributed by atoms with Crippen LogP contribution in [-0.2, 0) is 6.42 Å². The van der Waals surface area contributed by atoms with Gasteiger partial charge in [0.25, 0.3) is 0 Å². The zero-order valence-corrected chi connectivity index (χ0v) is 15.5. The molecule has 1 fully saturated rings. The second-order valence-electron chi connectivity index (χ2n) is 8.10. The molecule has 0 spiro atoms. The van der Waals surface area contributed by atoms with Crippen LogP contribution in [0.1, 0.15) is 74.6 Å². The van der Waals surface area contributed by atoms with Crippen LogP contribution in [-0.4, -0.2) is 12.1 Å². The molecule has 0 aromatic carbocycles. The molecule has 120 valence electrons. The summed E-state index contributed by atoms with van der Waals surface area (Å²) in [6.45, 7) is 12.5. The van der Waals surface area contributed by atoms with Crippen molar-refractivity contribution in [2.45, 2.75) is 85.1 Å². The van der Waals surface area contributed by atoms with Crippen LogP contribution in [0.5, 0.6) is 0 Å².